The normalized spacial score (nSPS) is 14.1. The maximum Gasteiger partial charge on any atom is 0.328 e. The molecule has 0 aromatic rings. The van der Waals surface area contributed by atoms with Crippen molar-refractivity contribution in [3.05, 3.63) is 0 Å². The van der Waals surface area contributed by atoms with E-state index in [0.717, 1.165) is 0 Å². The highest BCUT2D eigenvalue weighted by atomic mass is 16.5. The van der Waals surface area contributed by atoms with Crippen LogP contribution in [0.15, 0.2) is 0 Å². The zero-order valence-corrected chi connectivity index (χ0v) is 9.79. The zero-order valence-electron chi connectivity index (χ0n) is 9.79. The Balaban J connectivity index is 4.00. The molecular weight excluding hydrogens is 196 g/mol. The van der Waals surface area contributed by atoms with Crippen LogP contribution in [0.4, 0.5) is 0 Å². The standard InChI is InChI=1S/C10H20N2O3/c1-5-15-10(14)8(3)12-9(13)7(2)6-11-4/h7-8,11H,5-6H2,1-4H3,(H,12,13). The second-order valence-corrected chi connectivity index (χ2v) is 3.44. The Bertz CT molecular complexity index is 219. The third kappa shape index (κ3) is 5.37. The molecule has 0 fully saturated rings. The lowest BCUT2D eigenvalue weighted by Crippen LogP contribution is -2.43. The lowest BCUT2D eigenvalue weighted by Gasteiger charge is -2.16. The smallest absolute Gasteiger partial charge is 0.328 e. The molecule has 0 aromatic heterocycles. The highest BCUT2D eigenvalue weighted by Gasteiger charge is 2.19. The number of hydrogen-bond acceptors (Lipinski definition) is 4. The molecular formula is C10H20N2O3. The molecule has 0 rings (SSSR count). The first-order valence-electron chi connectivity index (χ1n) is 5.14. The van der Waals surface area contributed by atoms with Crippen LogP contribution >= 0.6 is 0 Å². The van der Waals surface area contributed by atoms with E-state index >= 15 is 0 Å². The number of amides is 1. The molecule has 15 heavy (non-hydrogen) atoms. The number of ether oxygens (including phenoxy) is 1. The van der Waals surface area contributed by atoms with Gasteiger partial charge in [0.15, 0.2) is 0 Å². The molecule has 0 heterocycles. The van der Waals surface area contributed by atoms with Crippen molar-refractivity contribution in [1.29, 1.82) is 0 Å². The molecule has 2 N–H and O–H groups in total. The van der Waals surface area contributed by atoms with E-state index in [9.17, 15) is 9.59 Å². The number of carbonyl (C=O) groups excluding carboxylic acids is 2. The van der Waals surface area contributed by atoms with E-state index < -0.39 is 12.0 Å². The Labute approximate surface area is 90.6 Å². The van der Waals surface area contributed by atoms with Gasteiger partial charge in [-0.05, 0) is 20.9 Å². The topological polar surface area (TPSA) is 67.4 Å². The molecule has 2 unspecified atom stereocenters. The summed E-state index contributed by atoms with van der Waals surface area (Å²) in [4.78, 5) is 22.7. The highest BCUT2D eigenvalue weighted by molar-refractivity contribution is 5.85. The van der Waals surface area contributed by atoms with Crippen LogP contribution in [0.2, 0.25) is 0 Å². The molecule has 0 aliphatic heterocycles. The van der Waals surface area contributed by atoms with Crippen molar-refractivity contribution in [1.82, 2.24) is 10.6 Å². The predicted octanol–water partition coefficient (Wildman–Crippen LogP) is -0.0903. The first kappa shape index (κ1) is 13.9. The summed E-state index contributed by atoms with van der Waals surface area (Å²) in [5.41, 5.74) is 0. The Morgan fingerprint density at radius 2 is 1.93 bits per heavy atom. The summed E-state index contributed by atoms with van der Waals surface area (Å²) in [6.07, 6.45) is 0. The molecule has 0 radical (unpaired) electrons. The van der Waals surface area contributed by atoms with Crippen LogP contribution in [0.25, 0.3) is 0 Å². The quantitative estimate of drug-likeness (QED) is 0.609. The van der Waals surface area contributed by atoms with Gasteiger partial charge in [-0.2, -0.15) is 0 Å². The Morgan fingerprint density at radius 3 is 2.40 bits per heavy atom. The van der Waals surface area contributed by atoms with Gasteiger partial charge < -0.3 is 15.4 Å². The predicted molar refractivity (Wildman–Crippen MR) is 57.3 cm³/mol. The van der Waals surface area contributed by atoms with Crippen molar-refractivity contribution in [2.75, 3.05) is 20.2 Å². The van der Waals surface area contributed by atoms with Gasteiger partial charge in [-0.1, -0.05) is 6.92 Å². The minimum absolute atomic E-state index is 0.148. The second kappa shape index (κ2) is 7.23. The van der Waals surface area contributed by atoms with E-state index in [-0.39, 0.29) is 11.8 Å². The van der Waals surface area contributed by atoms with Gasteiger partial charge in [-0.3, -0.25) is 4.79 Å². The SMILES string of the molecule is CCOC(=O)C(C)NC(=O)C(C)CNC. The van der Waals surface area contributed by atoms with Gasteiger partial charge in [0.05, 0.1) is 6.61 Å². The summed E-state index contributed by atoms with van der Waals surface area (Å²) in [7, 11) is 1.78. The van der Waals surface area contributed by atoms with Crippen LogP contribution in [0.5, 0.6) is 0 Å². The molecule has 5 nitrogen and oxygen atoms in total. The van der Waals surface area contributed by atoms with Gasteiger partial charge >= 0.3 is 5.97 Å². The van der Waals surface area contributed by atoms with Gasteiger partial charge in [0.1, 0.15) is 6.04 Å². The maximum absolute atomic E-state index is 11.5. The molecule has 2 atom stereocenters. The lowest BCUT2D eigenvalue weighted by atomic mass is 10.1. The number of esters is 1. The van der Waals surface area contributed by atoms with E-state index in [4.69, 9.17) is 4.74 Å². The fourth-order valence-corrected chi connectivity index (χ4v) is 1.08. The van der Waals surface area contributed by atoms with Gasteiger partial charge in [0.2, 0.25) is 5.91 Å². The van der Waals surface area contributed by atoms with Crippen LogP contribution in [-0.2, 0) is 14.3 Å². The van der Waals surface area contributed by atoms with Crippen LogP contribution in [0, 0.1) is 5.92 Å². The van der Waals surface area contributed by atoms with Gasteiger partial charge in [-0.15, -0.1) is 0 Å². The largest absolute Gasteiger partial charge is 0.464 e. The minimum Gasteiger partial charge on any atom is -0.464 e. The Hall–Kier alpha value is -1.10. The van der Waals surface area contributed by atoms with Crippen molar-refractivity contribution in [2.45, 2.75) is 26.8 Å². The van der Waals surface area contributed by atoms with Gasteiger partial charge in [0.25, 0.3) is 0 Å². The first-order valence-corrected chi connectivity index (χ1v) is 5.14. The van der Waals surface area contributed by atoms with E-state index in [1.807, 2.05) is 0 Å². The molecule has 0 aliphatic carbocycles. The number of rotatable bonds is 6. The first-order chi connectivity index (χ1) is 7.02. The molecule has 0 aliphatic rings. The Morgan fingerprint density at radius 1 is 1.33 bits per heavy atom. The van der Waals surface area contributed by atoms with E-state index in [0.29, 0.717) is 13.2 Å². The third-order valence-corrected chi connectivity index (χ3v) is 1.96. The fraction of sp³-hybridized carbons (Fsp3) is 0.800. The van der Waals surface area contributed by atoms with E-state index in [1.165, 1.54) is 0 Å². The molecule has 0 bridgehead atoms. The summed E-state index contributed by atoms with van der Waals surface area (Å²) in [5.74, 6) is -0.709. The zero-order chi connectivity index (χ0) is 11.8. The molecule has 5 heteroatoms. The lowest BCUT2D eigenvalue weighted by molar-refractivity contribution is -0.147. The number of nitrogens with one attached hydrogen (secondary N) is 2. The van der Waals surface area contributed by atoms with E-state index in [1.54, 1.807) is 27.8 Å². The van der Waals surface area contributed by atoms with Crippen LogP contribution in [0.1, 0.15) is 20.8 Å². The van der Waals surface area contributed by atoms with Crippen molar-refractivity contribution < 1.29 is 14.3 Å². The number of hydrogen-bond donors (Lipinski definition) is 2. The summed E-state index contributed by atoms with van der Waals surface area (Å²) in [6, 6.07) is -0.586. The minimum atomic E-state index is -0.586. The van der Waals surface area contributed by atoms with Crippen molar-refractivity contribution in [2.24, 2.45) is 5.92 Å². The molecule has 0 saturated carbocycles. The Kier molecular flexibility index (Phi) is 6.70. The summed E-state index contributed by atoms with van der Waals surface area (Å²) < 4.78 is 4.77. The monoisotopic (exact) mass is 216 g/mol. The molecule has 0 saturated heterocycles. The molecule has 0 spiro atoms. The molecule has 88 valence electrons. The highest BCUT2D eigenvalue weighted by Crippen LogP contribution is 1.95. The maximum atomic E-state index is 11.5. The molecule has 0 aromatic carbocycles. The summed E-state index contributed by atoms with van der Waals surface area (Å²) in [5, 5.41) is 5.49. The average Bonchev–Trinajstić information content (AvgIpc) is 2.18. The van der Waals surface area contributed by atoms with E-state index in [2.05, 4.69) is 10.6 Å². The number of carbonyl (C=O) groups is 2. The van der Waals surface area contributed by atoms with Crippen LogP contribution in [-0.4, -0.2) is 38.1 Å². The second-order valence-electron chi connectivity index (χ2n) is 3.44. The van der Waals surface area contributed by atoms with Crippen molar-refractivity contribution in [3.63, 3.8) is 0 Å². The summed E-state index contributed by atoms with van der Waals surface area (Å²) in [6.45, 7) is 6.05. The van der Waals surface area contributed by atoms with Crippen molar-refractivity contribution >= 4 is 11.9 Å². The van der Waals surface area contributed by atoms with Crippen molar-refractivity contribution in [3.8, 4) is 0 Å². The van der Waals surface area contributed by atoms with Gasteiger partial charge in [0, 0.05) is 12.5 Å². The molecule has 1 amide bonds. The fourth-order valence-electron chi connectivity index (χ4n) is 1.08. The average molecular weight is 216 g/mol. The van der Waals surface area contributed by atoms with Crippen LogP contribution in [0.3, 0.4) is 0 Å². The van der Waals surface area contributed by atoms with Crippen LogP contribution < -0.4 is 10.6 Å². The van der Waals surface area contributed by atoms with Gasteiger partial charge in [-0.25, -0.2) is 4.79 Å². The summed E-state index contributed by atoms with van der Waals surface area (Å²) >= 11 is 0. The third-order valence-electron chi connectivity index (χ3n) is 1.96.